The number of nitrogens with one attached hydrogen (secondary N) is 2. The molecule has 3 N–H and O–H groups in total. The average molecular weight is 523 g/mol. The number of phenolic OH excluding ortho intramolecular Hbond substituents is 1. The Morgan fingerprint density at radius 3 is 2.49 bits per heavy atom. The van der Waals surface area contributed by atoms with Crippen LogP contribution in [0.4, 0.5) is 5.69 Å². The molecule has 0 heterocycles. The number of amides is 2. The quantitative estimate of drug-likeness (QED) is 0.171. The van der Waals surface area contributed by atoms with Crippen LogP contribution in [0.1, 0.15) is 34.0 Å². The smallest absolute Gasteiger partial charge is 0.311 e. The van der Waals surface area contributed by atoms with E-state index in [2.05, 4.69) is 15.8 Å². The number of methoxy groups -OCH3 is 1. The minimum atomic E-state index is -0.806. The third kappa shape index (κ3) is 6.71. The Morgan fingerprint density at radius 2 is 1.84 bits per heavy atom. The largest absolute Gasteiger partial charge is 0.507 e. The van der Waals surface area contributed by atoms with Gasteiger partial charge >= 0.3 is 5.69 Å². The maximum atomic E-state index is 13.0. The number of halogens is 1. The van der Waals surface area contributed by atoms with Crippen LogP contribution in [0.5, 0.6) is 11.5 Å². The van der Waals surface area contributed by atoms with Crippen molar-refractivity contribution in [1.82, 2.24) is 10.7 Å². The van der Waals surface area contributed by atoms with Crippen molar-refractivity contribution in [1.29, 1.82) is 0 Å². The Morgan fingerprint density at radius 1 is 1.14 bits per heavy atom. The van der Waals surface area contributed by atoms with Gasteiger partial charge in [-0.3, -0.25) is 19.7 Å². The normalized spacial score (nSPS) is 11.6. The SMILES string of the molecule is COc1ccc(C=C(NC(=O)c2ccccc2)C(=O)N/N=C(\C)c2cc(Cl)c(C)cc2O)cc1[N+](=O)[O-]. The highest BCUT2D eigenvalue weighted by atomic mass is 35.5. The molecule has 0 aliphatic carbocycles. The lowest BCUT2D eigenvalue weighted by Gasteiger charge is -2.11. The van der Waals surface area contributed by atoms with Crippen molar-refractivity contribution in [3.05, 3.63) is 104 Å². The monoisotopic (exact) mass is 522 g/mol. The van der Waals surface area contributed by atoms with E-state index in [-0.39, 0.29) is 34.2 Å². The molecule has 10 nitrogen and oxygen atoms in total. The van der Waals surface area contributed by atoms with E-state index in [1.165, 1.54) is 43.5 Å². The predicted octanol–water partition coefficient (Wildman–Crippen LogP) is 4.58. The molecule has 0 saturated carbocycles. The number of carbonyl (C=O) groups is 2. The Kier molecular flexibility index (Phi) is 8.59. The van der Waals surface area contributed by atoms with Gasteiger partial charge in [0.2, 0.25) is 0 Å². The van der Waals surface area contributed by atoms with Crippen LogP contribution in [0.25, 0.3) is 6.08 Å². The summed E-state index contributed by atoms with van der Waals surface area (Å²) < 4.78 is 5.01. The molecule has 0 spiro atoms. The van der Waals surface area contributed by atoms with E-state index in [9.17, 15) is 24.8 Å². The molecule has 0 unspecified atom stereocenters. The number of hydrogen-bond donors (Lipinski definition) is 3. The van der Waals surface area contributed by atoms with E-state index in [4.69, 9.17) is 16.3 Å². The van der Waals surface area contributed by atoms with Crippen molar-refractivity contribution in [2.24, 2.45) is 5.10 Å². The fraction of sp³-hybridized carbons (Fsp3) is 0.115. The lowest BCUT2D eigenvalue weighted by Crippen LogP contribution is -2.33. The number of nitro benzene ring substituents is 1. The molecule has 2 amide bonds. The van der Waals surface area contributed by atoms with Crippen molar-refractivity contribution in [3.8, 4) is 11.5 Å². The molecule has 37 heavy (non-hydrogen) atoms. The van der Waals surface area contributed by atoms with Gasteiger partial charge in [-0.05, 0) is 61.4 Å². The summed E-state index contributed by atoms with van der Waals surface area (Å²) in [5.41, 5.74) is 3.57. The van der Waals surface area contributed by atoms with Crippen LogP contribution in [0, 0.1) is 17.0 Å². The molecule has 0 bridgehead atoms. The van der Waals surface area contributed by atoms with Crippen molar-refractivity contribution in [3.63, 3.8) is 0 Å². The number of hydrogen-bond acceptors (Lipinski definition) is 7. The van der Waals surface area contributed by atoms with Crippen molar-refractivity contribution in [2.75, 3.05) is 7.11 Å². The van der Waals surface area contributed by atoms with Crippen LogP contribution in [0.15, 0.2) is 71.5 Å². The number of rotatable bonds is 8. The number of phenols is 1. The first-order valence-corrected chi connectivity index (χ1v) is 11.2. The first-order valence-electron chi connectivity index (χ1n) is 10.8. The van der Waals surface area contributed by atoms with Crippen molar-refractivity contribution < 1.29 is 24.4 Å². The summed E-state index contributed by atoms with van der Waals surface area (Å²) in [5.74, 6) is -1.41. The van der Waals surface area contributed by atoms with Gasteiger partial charge in [0.05, 0.1) is 17.7 Å². The summed E-state index contributed by atoms with van der Waals surface area (Å²) >= 11 is 6.14. The highest BCUT2D eigenvalue weighted by Gasteiger charge is 2.18. The number of benzene rings is 3. The maximum Gasteiger partial charge on any atom is 0.311 e. The molecule has 190 valence electrons. The molecular weight excluding hydrogens is 500 g/mol. The number of nitro groups is 1. The van der Waals surface area contributed by atoms with Crippen LogP contribution < -0.4 is 15.5 Å². The lowest BCUT2D eigenvalue weighted by molar-refractivity contribution is -0.385. The summed E-state index contributed by atoms with van der Waals surface area (Å²) in [7, 11) is 1.30. The lowest BCUT2D eigenvalue weighted by atomic mass is 10.1. The molecule has 0 fully saturated rings. The fourth-order valence-corrected chi connectivity index (χ4v) is 3.42. The van der Waals surface area contributed by atoms with Gasteiger partial charge in [0.25, 0.3) is 11.8 Å². The highest BCUT2D eigenvalue weighted by molar-refractivity contribution is 6.31. The van der Waals surface area contributed by atoms with Gasteiger partial charge in [0.15, 0.2) is 5.75 Å². The number of ether oxygens (including phenoxy) is 1. The molecular formula is C26H23ClN4O6. The number of aromatic hydroxyl groups is 1. The topological polar surface area (TPSA) is 143 Å². The molecule has 3 aromatic rings. The summed E-state index contributed by atoms with van der Waals surface area (Å²) in [6.45, 7) is 3.29. The van der Waals surface area contributed by atoms with Crippen LogP contribution in [0.2, 0.25) is 5.02 Å². The van der Waals surface area contributed by atoms with Crippen LogP contribution in [0.3, 0.4) is 0 Å². The van der Waals surface area contributed by atoms with Crippen LogP contribution in [-0.4, -0.2) is 34.7 Å². The number of nitrogens with zero attached hydrogens (tertiary/aromatic N) is 2. The molecule has 0 radical (unpaired) electrons. The number of carbonyl (C=O) groups excluding carboxylic acids is 2. The molecule has 0 aliphatic rings. The van der Waals surface area contributed by atoms with Crippen molar-refractivity contribution >= 4 is 40.9 Å². The van der Waals surface area contributed by atoms with Gasteiger partial charge in [-0.15, -0.1) is 0 Å². The zero-order valence-electron chi connectivity index (χ0n) is 20.1. The molecule has 0 aliphatic heterocycles. The first-order chi connectivity index (χ1) is 17.6. The van der Waals surface area contributed by atoms with Gasteiger partial charge in [0.1, 0.15) is 11.4 Å². The molecule has 11 heteroatoms. The molecule has 0 atom stereocenters. The summed E-state index contributed by atoms with van der Waals surface area (Å²) in [6.07, 6.45) is 1.27. The second-order valence-corrected chi connectivity index (χ2v) is 8.23. The van der Waals surface area contributed by atoms with Crippen LogP contribution >= 0.6 is 11.6 Å². The Bertz CT molecular complexity index is 1420. The van der Waals surface area contributed by atoms with E-state index in [1.807, 2.05) is 0 Å². The average Bonchev–Trinajstić information content (AvgIpc) is 2.89. The van der Waals surface area contributed by atoms with E-state index < -0.39 is 16.7 Å². The number of hydrazone groups is 1. The zero-order valence-corrected chi connectivity index (χ0v) is 20.9. The molecule has 3 aromatic carbocycles. The Balaban J connectivity index is 1.96. The third-order valence-corrected chi connectivity index (χ3v) is 5.64. The van der Waals surface area contributed by atoms with Gasteiger partial charge in [-0.25, -0.2) is 5.43 Å². The minimum absolute atomic E-state index is 0.0401. The second-order valence-electron chi connectivity index (χ2n) is 7.82. The standard InChI is InChI=1S/C26H23ClN4O6/c1-15-11-23(32)19(14-20(15)27)16(2)29-30-26(34)21(28-25(33)18-7-5-4-6-8-18)12-17-9-10-24(37-3)22(13-17)31(35)36/h4-14,32H,1-3H3,(H,28,33)(H,30,34)/b21-12?,29-16+. The summed E-state index contributed by atoms with van der Waals surface area (Å²) in [5, 5.41) is 28.6. The Labute approximate surface area is 217 Å². The van der Waals surface area contributed by atoms with Crippen LogP contribution in [-0.2, 0) is 4.79 Å². The van der Waals surface area contributed by atoms with E-state index in [0.717, 1.165) is 0 Å². The minimum Gasteiger partial charge on any atom is -0.507 e. The van der Waals surface area contributed by atoms with Gasteiger partial charge in [0, 0.05) is 22.2 Å². The summed E-state index contributed by atoms with van der Waals surface area (Å²) in [6, 6.07) is 15.3. The second kappa shape index (κ2) is 11.8. The maximum absolute atomic E-state index is 13.0. The van der Waals surface area contributed by atoms with Gasteiger partial charge in [-0.2, -0.15) is 5.10 Å². The molecule has 3 rings (SSSR count). The Hall–Kier alpha value is -4.70. The van der Waals surface area contributed by atoms with E-state index in [1.54, 1.807) is 44.2 Å². The van der Waals surface area contributed by atoms with E-state index >= 15 is 0 Å². The fourth-order valence-electron chi connectivity index (χ4n) is 3.26. The molecule has 0 aromatic heterocycles. The van der Waals surface area contributed by atoms with E-state index in [0.29, 0.717) is 21.7 Å². The van der Waals surface area contributed by atoms with Crippen molar-refractivity contribution in [2.45, 2.75) is 13.8 Å². The highest BCUT2D eigenvalue weighted by Crippen LogP contribution is 2.28. The van der Waals surface area contributed by atoms with Gasteiger partial charge in [-0.1, -0.05) is 35.9 Å². The molecule has 0 saturated heterocycles. The number of aryl methyl sites for hydroxylation is 1. The van der Waals surface area contributed by atoms with Gasteiger partial charge < -0.3 is 15.2 Å². The predicted molar refractivity (Wildman–Crippen MR) is 140 cm³/mol. The first kappa shape index (κ1) is 26.9. The summed E-state index contributed by atoms with van der Waals surface area (Å²) in [4.78, 5) is 36.6. The third-order valence-electron chi connectivity index (χ3n) is 5.23. The zero-order chi connectivity index (χ0) is 27.1.